The molecule has 14 heavy (non-hydrogen) atoms. The van der Waals surface area contributed by atoms with Crippen LogP contribution in [0.3, 0.4) is 0 Å². The topological polar surface area (TPSA) is 39.7 Å². The first-order valence-corrected chi connectivity index (χ1v) is 4.20. The first-order chi connectivity index (χ1) is 6.85. The zero-order valence-electron chi connectivity index (χ0n) is 8.03. The lowest BCUT2D eigenvalue weighted by Gasteiger charge is -2.16. The first kappa shape index (κ1) is 8.74. The first-order valence-electron chi connectivity index (χ1n) is 4.20. The second kappa shape index (κ2) is 3.49. The van der Waals surface area contributed by atoms with E-state index in [1.807, 2.05) is 12.1 Å². The van der Waals surface area contributed by atoms with Gasteiger partial charge in [-0.3, -0.25) is 0 Å². The molecule has 0 saturated heterocycles. The average molecular weight is 193 g/mol. The predicted octanol–water partition coefficient (Wildman–Crippen LogP) is 1.57. The monoisotopic (exact) mass is 193 g/mol. The molecule has 0 fully saturated rings. The van der Waals surface area contributed by atoms with Crippen LogP contribution < -0.4 is 19.8 Å². The maximum absolute atomic E-state index is 5.22. The molecular formula is C10H11NO3. The summed E-state index contributed by atoms with van der Waals surface area (Å²) >= 11 is 0. The van der Waals surface area contributed by atoms with Crippen LogP contribution in [0.25, 0.3) is 6.08 Å². The number of rotatable bonds is 2. The molecule has 0 atom stereocenters. The van der Waals surface area contributed by atoms with E-state index in [1.165, 1.54) is 0 Å². The fourth-order valence-electron chi connectivity index (χ4n) is 1.33. The summed E-state index contributed by atoms with van der Waals surface area (Å²) in [4.78, 5) is 5.21. The molecule has 0 radical (unpaired) electrons. The number of hydroxylamine groups is 1. The minimum absolute atomic E-state index is 0.698. The largest absolute Gasteiger partial charge is 0.496 e. The lowest BCUT2D eigenvalue weighted by atomic mass is 10.1. The van der Waals surface area contributed by atoms with E-state index in [-0.39, 0.29) is 0 Å². The van der Waals surface area contributed by atoms with Gasteiger partial charge < -0.3 is 14.3 Å². The van der Waals surface area contributed by atoms with Crippen molar-refractivity contribution in [2.75, 3.05) is 14.2 Å². The van der Waals surface area contributed by atoms with E-state index < -0.39 is 0 Å². The fraction of sp³-hybridized carbons (Fsp3) is 0.200. The molecule has 0 aromatic heterocycles. The van der Waals surface area contributed by atoms with Crippen LogP contribution in [0.1, 0.15) is 5.56 Å². The molecule has 4 heteroatoms. The molecule has 0 saturated carbocycles. The molecular weight excluding hydrogens is 182 g/mol. The molecule has 1 heterocycles. The van der Waals surface area contributed by atoms with Crippen molar-refractivity contribution in [2.24, 2.45) is 0 Å². The summed E-state index contributed by atoms with van der Waals surface area (Å²) in [5, 5.41) is 0. The van der Waals surface area contributed by atoms with Gasteiger partial charge in [-0.05, 0) is 6.08 Å². The predicted molar refractivity (Wildman–Crippen MR) is 52.3 cm³/mol. The van der Waals surface area contributed by atoms with Crippen molar-refractivity contribution in [3.63, 3.8) is 0 Å². The normalized spacial score (nSPS) is 12.4. The lowest BCUT2D eigenvalue weighted by Crippen LogP contribution is -2.14. The second-order valence-electron chi connectivity index (χ2n) is 2.79. The fourth-order valence-corrected chi connectivity index (χ4v) is 1.33. The van der Waals surface area contributed by atoms with Gasteiger partial charge in [0.05, 0.1) is 19.8 Å². The van der Waals surface area contributed by atoms with Crippen LogP contribution in [-0.2, 0) is 0 Å². The van der Waals surface area contributed by atoms with E-state index in [9.17, 15) is 0 Å². The Hall–Kier alpha value is -1.84. The van der Waals surface area contributed by atoms with Crippen LogP contribution >= 0.6 is 0 Å². The molecule has 0 bridgehead atoms. The van der Waals surface area contributed by atoms with E-state index in [1.54, 1.807) is 26.5 Å². The minimum atomic E-state index is 0.698. The molecule has 4 nitrogen and oxygen atoms in total. The van der Waals surface area contributed by atoms with Crippen LogP contribution in [-0.4, -0.2) is 14.2 Å². The smallest absolute Gasteiger partial charge is 0.169 e. The molecule has 74 valence electrons. The number of ether oxygens (including phenoxy) is 2. The van der Waals surface area contributed by atoms with Crippen molar-refractivity contribution in [2.45, 2.75) is 0 Å². The summed E-state index contributed by atoms with van der Waals surface area (Å²) in [6.07, 6.45) is 3.59. The van der Waals surface area contributed by atoms with E-state index in [4.69, 9.17) is 14.3 Å². The summed E-state index contributed by atoms with van der Waals surface area (Å²) in [7, 11) is 3.22. The maximum Gasteiger partial charge on any atom is 0.169 e. The Morgan fingerprint density at radius 1 is 1.21 bits per heavy atom. The molecule has 0 aliphatic carbocycles. The van der Waals surface area contributed by atoms with Gasteiger partial charge in [0, 0.05) is 18.3 Å². The highest BCUT2D eigenvalue weighted by Crippen LogP contribution is 2.35. The molecule has 0 unspecified atom stereocenters. The Bertz CT molecular complexity index is 374. The number of benzene rings is 1. The van der Waals surface area contributed by atoms with Crippen LogP contribution in [0.4, 0.5) is 0 Å². The van der Waals surface area contributed by atoms with Gasteiger partial charge in [-0.2, -0.15) is 0 Å². The Kier molecular flexibility index (Phi) is 2.18. The SMILES string of the molecule is COc1cc(OC)c2c(c1)ONC=C2. The van der Waals surface area contributed by atoms with Crippen molar-refractivity contribution in [1.29, 1.82) is 0 Å². The van der Waals surface area contributed by atoms with Gasteiger partial charge >= 0.3 is 0 Å². The number of methoxy groups -OCH3 is 2. The average Bonchev–Trinajstić information content (AvgIpc) is 2.27. The summed E-state index contributed by atoms with van der Waals surface area (Å²) in [5.74, 6) is 2.14. The van der Waals surface area contributed by atoms with Crippen LogP contribution in [0.15, 0.2) is 18.3 Å². The second-order valence-corrected chi connectivity index (χ2v) is 2.79. The van der Waals surface area contributed by atoms with E-state index in [2.05, 4.69) is 5.48 Å². The summed E-state index contributed by atoms with van der Waals surface area (Å²) < 4.78 is 10.3. The number of hydrogen-bond donors (Lipinski definition) is 1. The number of nitrogens with one attached hydrogen (secondary N) is 1. The van der Waals surface area contributed by atoms with Crippen molar-refractivity contribution in [3.8, 4) is 17.2 Å². The minimum Gasteiger partial charge on any atom is -0.496 e. The highest BCUT2D eigenvalue weighted by molar-refractivity contribution is 5.67. The van der Waals surface area contributed by atoms with E-state index in [0.29, 0.717) is 11.5 Å². The van der Waals surface area contributed by atoms with Crippen molar-refractivity contribution < 1.29 is 14.3 Å². The van der Waals surface area contributed by atoms with Gasteiger partial charge in [0.15, 0.2) is 5.75 Å². The highest BCUT2D eigenvalue weighted by atomic mass is 16.6. The molecule has 1 aliphatic rings. The zero-order valence-corrected chi connectivity index (χ0v) is 8.03. The maximum atomic E-state index is 5.22. The molecule has 1 aromatic carbocycles. The van der Waals surface area contributed by atoms with Crippen molar-refractivity contribution in [3.05, 3.63) is 23.9 Å². The lowest BCUT2D eigenvalue weighted by molar-refractivity contribution is 0.236. The van der Waals surface area contributed by atoms with Crippen LogP contribution in [0.2, 0.25) is 0 Å². The molecule has 0 spiro atoms. The Morgan fingerprint density at radius 2 is 2.07 bits per heavy atom. The van der Waals surface area contributed by atoms with Gasteiger partial charge in [0.2, 0.25) is 0 Å². The Balaban J connectivity index is 2.54. The zero-order chi connectivity index (χ0) is 9.97. The van der Waals surface area contributed by atoms with Gasteiger partial charge in [-0.25, -0.2) is 5.48 Å². The third kappa shape index (κ3) is 1.35. The van der Waals surface area contributed by atoms with Gasteiger partial charge in [0.1, 0.15) is 11.5 Å². The summed E-state index contributed by atoms with van der Waals surface area (Å²) in [6.45, 7) is 0. The van der Waals surface area contributed by atoms with E-state index >= 15 is 0 Å². The molecule has 1 N–H and O–H groups in total. The van der Waals surface area contributed by atoms with Gasteiger partial charge in [-0.15, -0.1) is 0 Å². The van der Waals surface area contributed by atoms with E-state index in [0.717, 1.165) is 11.3 Å². The van der Waals surface area contributed by atoms with Crippen molar-refractivity contribution in [1.82, 2.24) is 5.48 Å². The standard InChI is InChI=1S/C10H11NO3/c1-12-7-5-9(13-2)8-3-4-11-14-10(8)6-7/h3-6,11H,1-2H3. The Morgan fingerprint density at radius 3 is 2.79 bits per heavy atom. The molecule has 1 aromatic rings. The summed E-state index contributed by atoms with van der Waals surface area (Å²) in [6, 6.07) is 3.62. The third-order valence-corrected chi connectivity index (χ3v) is 2.02. The van der Waals surface area contributed by atoms with Crippen molar-refractivity contribution >= 4 is 6.08 Å². The summed E-state index contributed by atoms with van der Waals surface area (Å²) in [5.41, 5.74) is 3.56. The van der Waals surface area contributed by atoms with Gasteiger partial charge in [0.25, 0.3) is 0 Å². The third-order valence-electron chi connectivity index (χ3n) is 2.02. The highest BCUT2D eigenvalue weighted by Gasteiger charge is 2.13. The number of hydrogen-bond acceptors (Lipinski definition) is 4. The van der Waals surface area contributed by atoms with Crippen LogP contribution in [0.5, 0.6) is 17.2 Å². The Labute approximate surface area is 82.0 Å². The number of fused-ring (bicyclic) bond motifs is 1. The quantitative estimate of drug-likeness (QED) is 0.773. The molecule has 1 aliphatic heterocycles. The molecule has 2 rings (SSSR count). The van der Waals surface area contributed by atoms with Gasteiger partial charge in [-0.1, -0.05) is 0 Å². The van der Waals surface area contributed by atoms with Crippen LogP contribution in [0, 0.1) is 0 Å². The molecule has 0 amide bonds.